The number of piperidine rings is 1. The molecule has 1 aromatic heterocycles. The van der Waals surface area contributed by atoms with Gasteiger partial charge in [-0.25, -0.2) is 0 Å². The number of nitrogens with zero attached hydrogens (tertiary/aromatic N) is 3. The third-order valence-electron chi connectivity index (χ3n) is 5.87. The van der Waals surface area contributed by atoms with Crippen LogP contribution in [0.25, 0.3) is 10.9 Å². The number of piperazine rings is 1. The van der Waals surface area contributed by atoms with Gasteiger partial charge in [0.15, 0.2) is 0 Å². The maximum absolute atomic E-state index is 13.3. The number of alkyl halides is 3. The van der Waals surface area contributed by atoms with Gasteiger partial charge in [-0.3, -0.25) is 14.7 Å². The van der Waals surface area contributed by atoms with Gasteiger partial charge in [0, 0.05) is 43.4 Å². The molecule has 0 radical (unpaired) electrons. The fourth-order valence-electron chi connectivity index (χ4n) is 4.28. The summed E-state index contributed by atoms with van der Waals surface area (Å²) >= 11 is 0. The van der Waals surface area contributed by atoms with Crippen molar-refractivity contribution in [1.29, 1.82) is 0 Å². The van der Waals surface area contributed by atoms with E-state index in [1.165, 1.54) is 12.3 Å². The number of amides is 1. The summed E-state index contributed by atoms with van der Waals surface area (Å²) in [5.74, 6) is 0.0508. The zero-order valence-electron chi connectivity index (χ0n) is 15.0. The third kappa shape index (κ3) is 2.92. The minimum Gasteiger partial charge on any atom is -0.371 e. The number of halogens is 3. The molecule has 8 heteroatoms. The fraction of sp³-hybridized carbons (Fsp3) is 0.474. The molecule has 4 rings (SSSR count). The van der Waals surface area contributed by atoms with E-state index in [1.54, 1.807) is 12.1 Å². The number of para-hydroxylation sites is 1. The highest BCUT2D eigenvalue weighted by Crippen LogP contribution is 2.38. The van der Waals surface area contributed by atoms with Crippen molar-refractivity contribution in [2.45, 2.75) is 24.6 Å². The van der Waals surface area contributed by atoms with Crippen molar-refractivity contribution in [3.05, 3.63) is 36.0 Å². The number of hydrogen-bond acceptors (Lipinski definition) is 4. The van der Waals surface area contributed by atoms with Gasteiger partial charge < -0.3 is 10.2 Å². The van der Waals surface area contributed by atoms with Gasteiger partial charge >= 0.3 is 6.18 Å². The first kappa shape index (κ1) is 18.0. The predicted molar refractivity (Wildman–Crippen MR) is 96.6 cm³/mol. The number of benzene rings is 1. The molecule has 0 bridgehead atoms. The highest BCUT2D eigenvalue weighted by atomic mass is 19.4. The fourth-order valence-corrected chi connectivity index (χ4v) is 4.28. The molecular weight excluding hydrogens is 357 g/mol. The van der Waals surface area contributed by atoms with Crippen molar-refractivity contribution >= 4 is 22.5 Å². The molecule has 1 spiro atoms. The van der Waals surface area contributed by atoms with E-state index in [4.69, 9.17) is 0 Å². The molecule has 144 valence electrons. The number of pyridine rings is 1. The average molecular weight is 378 g/mol. The van der Waals surface area contributed by atoms with Crippen LogP contribution in [0.2, 0.25) is 0 Å². The molecule has 2 fully saturated rings. The standard InChI is InChI=1S/C19H21F3N4O/c1-25-12-9-24-17(27)18(25)6-10-26(11-7-18)15-5-8-23-16-13(15)3-2-4-14(16)19(20,21)22/h2-5,8H,6-7,9-12H2,1H3,(H,24,27). The smallest absolute Gasteiger partial charge is 0.371 e. The van der Waals surface area contributed by atoms with Crippen molar-refractivity contribution in [3.8, 4) is 0 Å². The van der Waals surface area contributed by atoms with Crippen molar-refractivity contribution in [1.82, 2.24) is 15.2 Å². The molecule has 2 aliphatic heterocycles. The predicted octanol–water partition coefficient (Wildman–Crippen LogP) is 2.65. The van der Waals surface area contributed by atoms with E-state index in [9.17, 15) is 18.0 Å². The van der Waals surface area contributed by atoms with Crippen LogP contribution in [0.3, 0.4) is 0 Å². The van der Waals surface area contributed by atoms with E-state index in [-0.39, 0.29) is 11.4 Å². The Hall–Kier alpha value is -2.35. The molecule has 2 aliphatic rings. The number of hydrogen-bond donors (Lipinski definition) is 1. The average Bonchev–Trinajstić information content (AvgIpc) is 2.65. The topological polar surface area (TPSA) is 48.5 Å². The third-order valence-corrected chi connectivity index (χ3v) is 5.87. The van der Waals surface area contributed by atoms with Crippen molar-refractivity contribution in [2.75, 3.05) is 38.1 Å². The molecule has 0 unspecified atom stereocenters. The minimum atomic E-state index is -4.44. The monoisotopic (exact) mass is 378 g/mol. The van der Waals surface area contributed by atoms with Gasteiger partial charge in [-0.2, -0.15) is 13.2 Å². The summed E-state index contributed by atoms with van der Waals surface area (Å²) < 4.78 is 39.9. The summed E-state index contributed by atoms with van der Waals surface area (Å²) in [5.41, 5.74) is -0.536. The van der Waals surface area contributed by atoms with Gasteiger partial charge in [0.2, 0.25) is 5.91 Å². The summed E-state index contributed by atoms with van der Waals surface area (Å²) in [5, 5.41) is 3.44. The molecule has 2 saturated heterocycles. The van der Waals surface area contributed by atoms with Crippen molar-refractivity contribution < 1.29 is 18.0 Å². The lowest BCUT2D eigenvalue weighted by Crippen LogP contribution is -2.66. The van der Waals surface area contributed by atoms with Crippen LogP contribution in [0, 0.1) is 0 Å². The summed E-state index contributed by atoms with van der Waals surface area (Å²) in [7, 11) is 1.96. The maximum Gasteiger partial charge on any atom is 0.418 e. The second-order valence-corrected chi connectivity index (χ2v) is 7.23. The van der Waals surface area contributed by atoms with Crippen LogP contribution >= 0.6 is 0 Å². The first-order valence-corrected chi connectivity index (χ1v) is 9.02. The number of fused-ring (bicyclic) bond motifs is 1. The molecule has 2 aromatic rings. The first-order chi connectivity index (χ1) is 12.8. The van der Waals surface area contributed by atoms with Crippen molar-refractivity contribution in [2.24, 2.45) is 0 Å². The Labute approximate surface area is 155 Å². The molecule has 0 atom stereocenters. The number of nitrogens with one attached hydrogen (secondary N) is 1. The molecule has 1 aromatic carbocycles. The van der Waals surface area contributed by atoms with E-state index in [0.29, 0.717) is 37.9 Å². The van der Waals surface area contributed by atoms with Gasteiger partial charge in [0.05, 0.1) is 11.1 Å². The van der Waals surface area contributed by atoms with Gasteiger partial charge in [-0.1, -0.05) is 12.1 Å². The lowest BCUT2D eigenvalue weighted by atomic mass is 9.83. The van der Waals surface area contributed by atoms with Crippen LogP contribution in [0.4, 0.5) is 18.9 Å². The Morgan fingerprint density at radius 2 is 1.89 bits per heavy atom. The lowest BCUT2D eigenvalue weighted by Gasteiger charge is -2.49. The van der Waals surface area contributed by atoms with Crippen LogP contribution < -0.4 is 10.2 Å². The number of aromatic nitrogens is 1. The normalized spacial score (nSPS) is 20.9. The largest absolute Gasteiger partial charge is 0.418 e. The molecule has 1 amide bonds. The quantitative estimate of drug-likeness (QED) is 0.829. The second-order valence-electron chi connectivity index (χ2n) is 7.23. The van der Waals surface area contributed by atoms with Gasteiger partial charge in [-0.15, -0.1) is 0 Å². The molecule has 1 N–H and O–H groups in total. The maximum atomic E-state index is 13.3. The Morgan fingerprint density at radius 1 is 1.15 bits per heavy atom. The number of rotatable bonds is 1. The van der Waals surface area contributed by atoms with Gasteiger partial charge in [-0.05, 0) is 32.0 Å². The SMILES string of the molecule is CN1CCNC(=O)C12CCN(c1ccnc3c(C(F)(F)F)cccc13)CC2. The summed E-state index contributed by atoms with van der Waals surface area (Å²) in [6.45, 7) is 2.66. The zero-order valence-corrected chi connectivity index (χ0v) is 15.0. The van der Waals surface area contributed by atoms with E-state index in [0.717, 1.165) is 18.3 Å². The van der Waals surface area contributed by atoms with Crippen LogP contribution in [-0.2, 0) is 11.0 Å². The highest BCUT2D eigenvalue weighted by Gasteiger charge is 2.46. The minimum absolute atomic E-state index is 0.0321. The van der Waals surface area contributed by atoms with Gasteiger partial charge in [0.1, 0.15) is 5.54 Å². The zero-order chi connectivity index (χ0) is 19.2. The Kier molecular flexibility index (Phi) is 4.25. The molecule has 0 saturated carbocycles. The van der Waals surface area contributed by atoms with Crippen molar-refractivity contribution in [3.63, 3.8) is 0 Å². The Balaban J connectivity index is 1.66. The summed E-state index contributed by atoms with van der Waals surface area (Å²) in [4.78, 5) is 20.6. The number of anilines is 1. The summed E-state index contributed by atoms with van der Waals surface area (Å²) in [6, 6.07) is 5.91. The summed E-state index contributed by atoms with van der Waals surface area (Å²) in [6.07, 6.45) is -1.74. The molecule has 5 nitrogen and oxygen atoms in total. The number of carbonyl (C=O) groups is 1. The Bertz CT molecular complexity index is 875. The molecule has 0 aliphatic carbocycles. The van der Waals surface area contributed by atoms with E-state index >= 15 is 0 Å². The van der Waals surface area contributed by atoms with Gasteiger partial charge in [0.25, 0.3) is 0 Å². The van der Waals surface area contributed by atoms with E-state index in [2.05, 4.69) is 20.1 Å². The molecular formula is C19H21F3N4O. The van der Waals surface area contributed by atoms with Crippen LogP contribution in [0.1, 0.15) is 18.4 Å². The van der Waals surface area contributed by atoms with E-state index < -0.39 is 17.3 Å². The second kappa shape index (κ2) is 6.37. The van der Waals surface area contributed by atoms with Crippen LogP contribution in [0.15, 0.2) is 30.5 Å². The Morgan fingerprint density at radius 3 is 2.56 bits per heavy atom. The van der Waals surface area contributed by atoms with Crippen LogP contribution in [-0.4, -0.2) is 54.6 Å². The highest BCUT2D eigenvalue weighted by molar-refractivity contribution is 5.94. The number of carbonyl (C=O) groups excluding carboxylic acids is 1. The molecule has 27 heavy (non-hydrogen) atoms. The van der Waals surface area contributed by atoms with E-state index in [1.807, 2.05) is 7.05 Å². The first-order valence-electron chi connectivity index (χ1n) is 9.02. The number of likely N-dealkylation sites (N-methyl/N-ethyl adjacent to an activating group) is 1. The molecule has 3 heterocycles. The lowest BCUT2D eigenvalue weighted by molar-refractivity contribution is -0.138. The van der Waals surface area contributed by atoms with Crippen LogP contribution in [0.5, 0.6) is 0 Å².